The largest absolute Gasteiger partial charge is 0.325 e. The molecule has 1 N–H and O–H groups in total. The van der Waals surface area contributed by atoms with Crippen molar-refractivity contribution in [2.45, 2.75) is 32.1 Å². The van der Waals surface area contributed by atoms with Crippen molar-refractivity contribution in [1.82, 2.24) is 0 Å². The summed E-state index contributed by atoms with van der Waals surface area (Å²) in [7, 11) is 0. The number of carbonyl (C=O) groups excluding carboxylic acids is 3. The number of hydrogen-bond donors (Lipinski definition) is 1. The van der Waals surface area contributed by atoms with Gasteiger partial charge in [-0.15, -0.1) is 0 Å². The molecule has 1 fully saturated rings. The van der Waals surface area contributed by atoms with Gasteiger partial charge in [0.1, 0.15) is 5.82 Å². The number of carbonyl (C=O) groups is 3. The van der Waals surface area contributed by atoms with Gasteiger partial charge in [-0.3, -0.25) is 14.4 Å². The molecule has 5 rings (SSSR count). The van der Waals surface area contributed by atoms with Crippen molar-refractivity contribution >= 4 is 29.0 Å². The second-order valence-electron chi connectivity index (χ2n) is 8.31. The first kappa shape index (κ1) is 18.0. The van der Waals surface area contributed by atoms with Crippen molar-refractivity contribution in [2.75, 3.05) is 16.8 Å². The highest BCUT2D eigenvalue weighted by Crippen LogP contribution is 2.45. The van der Waals surface area contributed by atoms with E-state index in [-0.39, 0.29) is 35.0 Å². The number of anilines is 2. The zero-order valence-electron chi connectivity index (χ0n) is 16.1. The minimum absolute atomic E-state index is 0.0532. The van der Waals surface area contributed by atoms with Crippen LogP contribution in [0.5, 0.6) is 0 Å². The van der Waals surface area contributed by atoms with Gasteiger partial charge in [0.05, 0.1) is 11.3 Å². The number of Topliss-reactive ketones (excluding diaryl/α,β-unsaturated/α-hetero) is 1. The normalized spacial score (nSPS) is 24.3. The van der Waals surface area contributed by atoms with Crippen LogP contribution in [-0.4, -0.2) is 24.1 Å². The molecule has 3 aliphatic rings. The smallest absolute Gasteiger partial charge is 0.260 e. The number of hydrogen-bond acceptors (Lipinski definition) is 3. The number of nitrogens with one attached hydrogen (secondary N) is 1. The molecule has 1 heterocycles. The Morgan fingerprint density at radius 2 is 2.00 bits per heavy atom. The van der Waals surface area contributed by atoms with Crippen LogP contribution >= 0.6 is 0 Å². The standard InChI is InChI=1S/C23H21FN2O3/c1-12-9-16(12)22(28)25-18-7-6-14(24)10-17(18)23(29)26-11-13-5-8-20(27)15-3-2-4-19(26)21(13)15/h2-4,6-7,10,12-13,16H,5,8-9,11H2,1H3,(H,25,28)/t12-,13?,16-/m1/s1. The lowest BCUT2D eigenvalue weighted by Crippen LogP contribution is -2.31. The molecule has 29 heavy (non-hydrogen) atoms. The van der Waals surface area contributed by atoms with Gasteiger partial charge in [0, 0.05) is 36.1 Å². The quantitative estimate of drug-likeness (QED) is 0.854. The van der Waals surface area contributed by atoms with Crippen molar-refractivity contribution in [3.8, 4) is 0 Å². The van der Waals surface area contributed by atoms with Gasteiger partial charge in [0.25, 0.3) is 5.91 Å². The topological polar surface area (TPSA) is 66.5 Å². The Kier molecular flexibility index (Phi) is 4.05. The van der Waals surface area contributed by atoms with Gasteiger partial charge in [-0.2, -0.15) is 0 Å². The van der Waals surface area contributed by atoms with E-state index >= 15 is 0 Å². The molecule has 0 aromatic heterocycles. The second kappa shape index (κ2) is 6.51. The lowest BCUT2D eigenvalue weighted by atomic mass is 9.83. The Morgan fingerprint density at radius 1 is 1.21 bits per heavy atom. The molecular weight excluding hydrogens is 371 g/mol. The molecule has 2 aromatic carbocycles. The van der Waals surface area contributed by atoms with Crippen molar-refractivity contribution in [3.63, 3.8) is 0 Å². The van der Waals surface area contributed by atoms with E-state index in [0.29, 0.717) is 42.2 Å². The van der Waals surface area contributed by atoms with Gasteiger partial charge in [0.15, 0.2) is 5.78 Å². The fourth-order valence-electron chi connectivity index (χ4n) is 4.60. The van der Waals surface area contributed by atoms with E-state index in [1.807, 2.05) is 19.1 Å². The average Bonchev–Trinajstić information content (AvgIpc) is 3.33. The molecule has 2 aliphatic carbocycles. The molecule has 0 saturated heterocycles. The minimum Gasteiger partial charge on any atom is -0.325 e. The minimum atomic E-state index is -0.532. The first-order valence-electron chi connectivity index (χ1n) is 10.0. The molecule has 1 unspecified atom stereocenters. The van der Waals surface area contributed by atoms with Crippen LogP contribution in [0.3, 0.4) is 0 Å². The van der Waals surface area contributed by atoms with E-state index in [4.69, 9.17) is 0 Å². The van der Waals surface area contributed by atoms with Gasteiger partial charge < -0.3 is 10.2 Å². The van der Waals surface area contributed by atoms with Gasteiger partial charge in [-0.25, -0.2) is 4.39 Å². The lowest BCUT2D eigenvalue weighted by Gasteiger charge is -2.20. The fourth-order valence-corrected chi connectivity index (χ4v) is 4.60. The van der Waals surface area contributed by atoms with Crippen molar-refractivity contribution in [3.05, 3.63) is 58.9 Å². The summed E-state index contributed by atoms with van der Waals surface area (Å²) >= 11 is 0. The molecular formula is C23H21FN2O3. The second-order valence-corrected chi connectivity index (χ2v) is 8.31. The first-order valence-corrected chi connectivity index (χ1v) is 10.0. The monoisotopic (exact) mass is 392 g/mol. The van der Waals surface area contributed by atoms with Crippen molar-refractivity contribution in [1.29, 1.82) is 0 Å². The lowest BCUT2D eigenvalue weighted by molar-refractivity contribution is -0.117. The molecule has 148 valence electrons. The van der Waals surface area contributed by atoms with Crippen molar-refractivity contribution < 1.29 is 18.8 Å². The van der Waals surface area contributed by atoms with Crippen LogP contribution in [0.25, 0.3) is 0 Å². The van der Waals surface area contributed by atoms with E-state index in [2.05, 4.69) is 5.32 Å². The van der Waals surface area contributed by atoms with Gasteiger partial charge in [-0.1, -0.05) is 19.1 Å². The summed E-state index contributed by atoms with van der Waals surface area (Å²) in [6.07, 6.45) is 2.01. The molecule has 0 spiro atoms. The zero-order valence-corrected chi connectivity index (χ0v) is 16.1. The third-order valence-corrected chi connectivity index (χ3v) is 6.37. The Morgan fingerprint density at radius 3 is 2.76 bits per heavy atom. The Hall–Kier alpha value is -3.02. The average molecular weight is 392 g/mol. The first-order chi connectivity index (χ1) is 13.9. The Balaban J connectivity index is 1.50. The Bertz CT molecular complexity index is 1060. The van der Waals surface area contributed by atoms with Crippen molar-refractivity contribution in [2.24, 2.45) is 11.8 Å². The van der Waals surface area contributed by atoms with Crippen LogP contribution in [-0.2, 0) is 4.79 Å². The molecule has 6 heteroatoms. The van der Waals surface area contributed by atoms with E-state index in [9.17, 15) is 18.8 Å². The summed E-state index contributed by atoms with van der Waals surface area (Å²) in [5, 5.41) is 2.81. The molecule has 0 bridgehead atoms. The van der Waals surface area contributed by atoms with Crippen LogP contribution in [0.1, 0.15) is 58.4 Å². The maximum Gasteiger partial charge on any atom is 0.260 e. The predicted octanol–water partition coefficient (Wildman–Crippen LogP) is 4.14. The molecule has 2 amide bonds. The molecule has 5 nitrogen and oxygen atoms in total. The summed E-state index contributed by atoms with van der Waals surface area (Å²) in [6.45, 7) is 2.46. The molecule has 1 aliphatic heterocycles. The van der Waals surface area contributed by atoms with Crippen LogP contribution in [0.2, 0.25) is 0 Å². The molecule has 3 atom stereocenters. The number of amides is 2. The number of halogens is 1. The maximum absolute atomic E-state index is 14.0. The summed E-state index contributed by atoms with van der Waals surface area (Å²) in [4.78, 5) is 39.7. The summed E-state index contributed by atoms with van der Waals surface area (Å²) in [5.41, 5.74) is 2.78. The number of benzene rings is 2. The zero-order chi connectivity index (χ0) is 20.3. The fraction of sp³-hybridized carbons (Fsp3) is 0.348. The third kappa shape index (κ3) is 2.94. The van der Waals surface area contributed by atoms with Crippen LogP contribution in [0.4, 0.5) is 15.8 Å². The van der Waals surface area contributed by atoms with Crippen LogP contribution < -0.4 is 10.2 Å². The number of rotatable bonds is 3. The SMILES string of the molecule is C[C@@H]1C[C@H]1C(=O)Nc1ccc(F)cc1C(=O)N1CC2CCC(=O)c3cccc1c32. The van der Waals surface area contributed by atoms with E-state index in [1.54, 1.807) is 11.0 Å². The highest BCUT2D eigenvalue weighted by molar-refractivity contribution is 6.14. The number of nitrogens with zero attached hydrogens (tertiary/aromatic N) is 1. The van der Waals surface area contributed by atoms with Gasteiger partial charge in [-0.05, 0) is 48.6 Å². The molecule has 0 radical (unpaired) electrons. The molecule has 2 aromatic rings. The van der Waals surface area contributed by atoms with Crippen LogP contribution in [0.15, 0.2) is 36.4 Å². The summed E-state index contributed by atoms with van der Waals surface area (Å²) < 4.78 is 14.0. The highest BCUT2D eigenvalue weighted by Gasteiger charge is 2.41. The Labute approximate surface area is 167 Å². The molecule has 1 saturated carbocycles. The van der Waals surface area contributed by atoms with Gasteiger partial charge >= 0.3 is 0 Å². The third-order valence-electron chi connectivity index (χ3n) is 6.37. The van der Waals surface area contributed by atoms with Crippen LogP contribution in [0, 0.1) is 17.7 Å². The van der Waals surface area contributed by atoms with Gasteiger partial charge in [0.2, 0.25) is 5.91 Å². The van der Waals surface area contributed by atoms with E-state index in [1.165, 1.54) is 18.2 Å². The summed E-state index contributed by atoms with van der Waals surface area (Å²) in [6, 6.07) is 9.29. The highest BCUT2D eigenvalue weighted by atomic mass is 19.1. The summed E-state index contributed by atoms with van der Waals surface area (Å²) in [5.74, 6) is -0.537. The predicted molar refractivity (Wildman–Crippen MR) is 107 cm³/mol. The van der Waals surface area contributed by atoms with E-state index in [0.717, 1.165) is 12.0 Å². The number of ketones is 1. The maximum atomic E-state index is 14.0. The van der Waals surface area contributed by atoms with E-state index < -0.39 is 5.82 Å².